The smallest absolute Gasteiger partial charge is 0.130 e. The highest BCUT2D eigenvalue weighted by atomic mass is 32.1. The number of β-amino-alcohol motifs (C(OH)–C–C–N with tert-alkyl or cyclic N) is 1. The minimum Gasteiger partial charge on any atom is -0.397 e. The number of nitrogens with zero attached hydrogens (tertiary/aromatic N) is 2. The molecule has 0 aromatic carbocycles. The van der Waals surface area contributed by atoms with Crippen molar-refractivity contribution in [2.45, 2.75) is 37.7 Å². The van der Waals surface area contributed by atoms with E-state index in [1.807, 2.05) is 6.92 Å². The van der Waals surface area contributed by atoms with Crippen molar-refractivity contribution >= 4 is 22.0 Å². The fourth-order valence-electron chi connectivity index (χ4n) is 2.65. The third-order valence-corrected chi connectivity index (χ3v) is 4.98. The van der Waals surface area contributed by atoms with Gasteiger partial charge in [-0.15, -0.1) is 11.3 Å². The molecule has 1 saturated heterocycles. The van der Waals surface area contributed by atoms with E-state index in [0.717, 1.165) is 23.5 Å². The number of hydrogen-bond acceptors (Lipinski definition) is 5. The summed E-state index contributed by atoms with van der Waals surface area (Å²) in [7, 11) is 0. The molecule has 4 nitrogen and oxygen atoms in total. The Morgan fingerprint density at radius 3 is 2.78 bits per heavy atom. The lowest BCUT2D eigenvalue weighted by molar-refractivity contribution is 0.0840. The molecule has 3 N–H and O–H groups in total. The average Bonchev–Trinajstić information content (AvgIpc) is 3.00. The fourth-order valence-corrected chi connectivity index (χ4v) is 3.78. The summed E-state index contributed by atoms with van der Waals surface area (Å²) >= 11 is 1.48. The molecule has 96 valence electrons. The average molecular weight is 263 g/mol. The Balaban J connectivity index is 1.99. The first-order chi connectivity index (χ1) is 8.52. The highest BCUT2D eigenvalue weighted by molar-refractivity contribution is 7.17. The largest absolute Gasteiger partial charge is 0.397 e. The molecule has 2 fully saturated rings. The van der Waals surface area contributed by atoms with Crippen LogP contribution in [0.25, 0.3) is 0 Å². The van der Waals surface area contributed by atoms with Gasteiger partial charge >= 0.3 is 0 Å². The van der Waals surface area contributed by atoms with E-state index in [4.69, 9.17) is 11.0 Å². The van der Waals surface area contributed by atoms with Crippen LogP contribution in [0.5, 0.6) is 0 Å². The topological polar surface area (TPSA) is 73.3 Å². The third-order valence-electron chi connectivity index (χ3n) is 3.79. The third kappa shape index (κ3) is 1.86. The molecule has 0 spiro atoms. The maximum Gasteiger partial charge on any atom is 0.130 e. The van der Waals surface area contributed by atoms with Gasteiger partial charge in [-0.1, -0.05) is 0 Å². The Labute approximate surface area is 111 Å². The molecule has 3 rings (SSSR count). The number of aliphatic hydroxyl groups is 1. The van der Waals surface area contributed by atoms with Gasteiger partial charge < -0.3 is 15.7 Å². The molecule has 2 heterocycles. The van der Waals surface area contributed by atoms with Gasteiger partial charge in [-0.05, 0) is 32.1 Å². The van der Waals surface area contributed by atoms with Crippen LogP contribution >= 0.6 is 11.3 Å². The number of nitrogens with two attached hydrogens (primary N) is 1. The van der Waals surface area contributed by atoms with E-state index in [-0.39, 0.29) is 0 Å². The van der Waals surface area contributed by atoms with E-state index < -0.39 is 5.60 Å². The van der Waals surface area contributed by atoms with Gasteiger partial charge in [0.25, 0.3) is 0 Å². The van der Waals surface area contributed by atoms with Crippen LogP contribution in [0.2, 0.25) is 0 Å². The summed E-state index contributed by atoms with van der Waals surface area (Å²) in [5.41, 5.74) is 7.30. The number of anilines is 2. The van der Waals surface area contributed by atoms with Crippen molar-refractivity contribution < 1.29 is 5.11 Å². The van der Waals surface area contributed by atoms with Gasteiger partial charge in [-0.25, -0.2) is 0 Å². The predicted octanol–water partition coefficient (Wildman–Crippen LogP) is 2.04. The Morgan fingerprint density at radius 1 is 1.56 bits per heavy atom. The van der Waals surface area contributed by atoms with Gasteiger partial charge in [0.2, 0.25) is 0 Å². The number of rotatable bonds is 2. The quantitative estimate of drug-likeness (QED) is 0.856. The molecule has 0 bridgehead atoms. The van der Waals surface area contributed by atoms with E-state index in [1.165, 1.54) is 24.2 Å². The molecule has 1 aromatic rings. The Bertz CT molecular complexity index is 525. The van der Waals surface area contributed by atoms with Crippen LogP contribution in [0.15, 0.2) is 0 Å². The lowest BCUT2D eigenvalue weighted by Crippen LogP contribution is -2.29. The zero-order valence-electron chi connectivity index (χ0n) is 10.4. The number of nitriles is 1. The fraction of sp³-hybridized carbons (Fsp3) is 0.615. The van der Waals surface area contributed by atoms with Crippen LogP contribution in [-0.2, 0) is 0 Å². The number of nitrogen functional groups attached to an aromatic ring is 1. The van der Waals surface area contributed by atoms with Crippen molar-refractivity contribution in [3.8, 4) is 6.07 Å². The second-order valence-corrected chi connectivity index (χ2v) is 6.62. The molecule has 2 aliphatic rings. The summed E-state index contributed by atoms with van der Waals surface area (Å²) < 4.78 is 0. The zero-order valence-corrected chi connectivity index (χ0v) is 11.3. The Morgan fingerprint density at radius 2 is 2.28 bits per heavy atom. The standard InChI is InChI=1S/C13H17N3OS/c1-13(17)4-5-16(7-13)12-10(8-2-3-8)11(15)9(6-14)18-12/h8,17H,2-5,7,15H2,1H3. The minimum absolute atomic E-state index is 0.531. The number of hydrogen-bond donors (Lipinski definition) is 2. The van der Waals surface area contributed by atoms with E-state index in [0.29, 0.717) is 23.0 Å². The molecule has 1 aromatic heterocycles. The van der Waals surface area contributed by atoms with Gasteiger partial charge in [-0.2, -0.15) is 5.26 Å². The molecule has 1 atom stereocenters. The van der Waals surface area contributed by atoms with Crippen molar-refractivity contribution in [2.75, 3.05) is 23.7 Å². The first-order valence-corrected chi connectivity index (χ1v) is 7.13. The maximum absolute atomic E-state index is 10.1. The summed E-state index contributed by atoms with van der Waals surface area (Å²) in [5.74, 6) is 0.531. The van der Waals surface area contributed by atoms with Gasteiger partial charge in [0.1, 0.15) is 10.9 Å². The summed E-state index contributed by atoms with van der Waals surface area (Å²) in [6, 6.07) is 2.19. The normalized spacial score (nSPS) is 27.5. The Hall–Kier alpha value is -1.25. The first-order valence-electron chi connectivity index (χ1n) is 6.31. The molecule has 1 saturated carbocycles. The molecule has 0 amide bonds. The lowest BCUT2D eigenvalue weighted by atomic mass is 10.1. The molecule has 18 heavy (non-hydrogen) atoms. The van der Waals surface area contributed by atoms with Gasteiger partial charge in [0.15, 0.2) is 0 Å². The summed E-state index contributed by atoms with van der Waals surface area (Å²) in [6.07, 6.45) is 3.11. The van der Waals surface area contributed by atoms with Crippen LogP contribution in [0, 0.1) is 11.3 Å². The molecule has 5 heteroatoms. The summed E-state index contributed by atoms with van der Waals surface area (Å²) in [6.45, 7) is 3.35. The van der Waals surface area contributed by atoms with Crippen LogP contribution in [-0.4, -0.2) is 23.8 Å². The Kier molecular flexibility index (Phi) is 2.54. The van der Waals surface area contributed by atoms with E-state index in [1.54, 1.807) is 0 Å². The summed E-state index contributed by atoms with van der Waals surface area (Å²) in [5, 5.41) is 20.3. The van der Waals surface area contributed by atoms with Crippen LogP contribution in [0.1, 0.15) is 42.5 Å². The van der Waals surface area contributed by atoms with Crippen molar-refractivity contribution in [1.29, 1.82) is 5.26 Å². The molecule has 1 aliphatic carbocycles. The van der Waals surface area contributed by atoms with E-state index in [9.17, 15) is 5.11 Å². The zero-order chi connectivity index (χ0) is 12.9. The molecule has 1 aliphatic heterocycles. The minimum atomic E-state index is -0.619. The first kappa shape index (κ1) is 11.8. The van der Waals surface area contributed by atoms with Crippen LogP contribution < -0.4 is 10.6 Å². The molecule has 0 radical (unpaired) electrons. The van der Waals surface area contributed by atoms with Gasteiger partial charge in [0, 0.05) is 18.7 Å². The summed E-state index contributed by atoms with van der Waals surface area (Å²) in [4.78, 5) is 2.81. The van der Waals surface area contributed by atoms with Crippen molar-refractivity contribution in [3.05, 3.63) is 10.4 Å². The second kappa shape index (κ2) is 3.87. The van der Waals surface area contributed by atoms with E-state index >= 15 is 0 Å². The molecular formula is C13H17N3OS. The highest BCUT2D eigenvalue weighted by Crippen LogP contribution is 2.52. The predicted molar refractivity (Wildman–Crippen MR) is 72.9 cm³/mol. The maximum atomic E-state index is 10.1. The van der Waals surface area contributed by atoms with Gasteiger partial charge in [0.05, 0.1) is 16.3 Å². The lowest BCUT2D eigenvalue weighted by Gasteiger charge is -2.20. The van der Waals surface area contributed by atoms with Crippen molar-refractivity contribution in [2.24, 2.45) is 0 Å². The SMILES string of the molecule is CC1(O)CCN(c2sc(C#N)c(N)c2C2CC2)C1. The van der Waals surface area contributed by atoms with Crippen LogP contribution in [0.4, 0.5) is 10.7 Å². The van der Waals surface area contributed by atoms with Crippen molar-refractivity contribution in [3.63, 3.8) is 0 Å². The second-order valence-electron chi connectivity index (χ2n) is 5.62. The monoisotopic (exact) mass is 263 g/mol. The molecule has 1 unspecified atom stereocenters. The number of thiophene rings is 1. The van der Waals surface area contributed by atoms with Gasteiger partial charge in [-0.3, -0.25) is 0 Å². The molecular weight excluding hydrogens is 246 g/mol. The van der Waals surface area contributed by atoms with Crippen LogP contribution in [0.3, 0.4) is 0 Å². The van der Waals surface area contributed by atoms with E-state index in [2.05, 4.69) is 11.0 Å². The highest BCUT2D eigenvalue weighted by Gasteiger charge is 2.38. The van der Waals surface area contributed by atoms with Crippen molar-refractivity contribution in [1.82, 2.24) is 0 Å².